The average molecular weight is 364 g/mol. The number of nitrogens with zero attached hydrogens (tertiary/aromatic N) is 2. The van der Waals surface area contributed by atoms with Crippen LogP contribution in [0.5, 0.6) is 0 Å². The van der Waals surface area contributed by atoms with Crippen LogP contribution in [0.1, 0.15) is 41.5 Å². The van der Waals surface area contributed by atoms with Gasteiger partial charge in [-0.1, -0.05) is 6.92 Å². The van der Waals surface area contributed by atoms with Crippen LogP contribution in [0.2, 0.25) is 0 Å². The third-order valence-corrected chi connectivity index (χ3v) is 5.37. The van der Waals surface area contributed by atoms with E-state index in [0.29, 0.717) is 5.56 Å². The molecule has 0 spiro atoms. The Morgan fingerprint density at radius 3 is 2.58 bits per heavy atom. The van der Waals surface area contributed by atoms with Crippen molar-refractivity contribution < 1.29 is 24.0 Å². The van der Waals surface area contributed by atoms with Gasteiger partial charge in [0.05, 0.1) is 6.42 Å². The zero-order chi connectivity index (χ0) is 19.6. The van der Waals surface area contributed by atoms with Crippen LogP contribution < -0.4 is 0 Å². The average Bonchev–Trinajstić information content (AvgIpc) is 2.96. The van der Waals surface area contributed by atoms with Gasteiger partial charge in [0.25, 0.3) is 0 Å². The maximum atomic E-state index is 12.3. The summed E-state index contributed by atoms with van der Waals surface area (Å²) in [5, 5.41) is 10.8. The van der Waals surface area contributed by atoms with Crippen molar-refractivity contribution in [3.8, 4) is 0 Å². The normalized spacial score (nSPS) is 22.5. The Labute approximate surface area is 151 Å². The van der Waals surface area contributed by atoms with Gasteiger partial charge in [0.15, 0.2) is 6.61 Å². The fourth-order valence-electron chi connectivity index (χ4n) is 3.60. The summed E-state index contributed by atoms with van der Waals surface area (Å²) in [6.45, 7) is 4.72. The van der Waals surface area contributed by atoms with Crippen molar-refractivity contribution in [3.05, 3.63) is 33.1 Å². The first-order valence-electron chi connectivity index (χ1n) is 8.58. The molecule has 0 saturated heterocycles. The van der Waals surface area contributed by atoms with Crippen LogP contribution in [0.3, 0.4) is 0 Å². The largest absolute Gasteiger partial charge is 0.457 e. The van der Waals surface area contributed by atoms with Gasteiger partial charge in [-0.2, -0.15) is 0 Å². The number of aromatic nitrogens is 1. The lowest BCUT2D eigenvalue weighted by Gasteiger charge is -2.16. The molecule has 1 aromatic rings. The number of hydrogen-bond acceptors (Lipinski definition) is 6. The molecule has 26 heavy (non-hydrogen) atoms. The van der Waals surface area contributed by atoms with Crippen LogP contribution in [0.15, 0.2) is 6.07 Å². The topological polar surface area (TPSA) is 109 Å². The lowest BCUT2D eigenvalue weighted by atomic mass is 9.88. The molecule has 1 aliphatic rings. The van der Waals surface area contributed by atoms with Crippen molar-refractivity contribution in [1.82, 2.24) is 4.57 Å². The highest BCUT2D eigenvalue weighted by Crippen LogP contribution is 2.36. The van der Waals surface area contributed by atoms with E-state index < -0.39 is 29.3 Å². The number of carbonyl (C=O) groups excluding carboxylic acids is 3. The van der Waals surface area contributed by atoms with Crippen molar-refractivity contribution in [1.29, 1.82) is 0 Å². The summed E-state index contributed by atoms with van der Waals surface area (Å²) in [5.74, 6) is -2.46. The first-order chi connectivity index (χ1) is 12.1. The van der Waals surface area contributed by atoms with E-state index in [1.54, 1.807) is 13.0 Å². The minimum absolute atomic E-state index is 0.137. The van der Waals surface area contributed by atoms with E-state index in [0.717, 1.165) is 11.4 Å². The first kappa shape index (κ1) is 19.8. The van der Waals surface area contributed by atoms with Gasteiger partial charge < -0.3 is 9.30 Å². The van der Waals surface area contributed by atoms with Crippen LogP contribution in [0.25, 0.3) is 0 Å². The molecule has 1 heterocycles. The van der Waals surface area contributed by atoms with Crippen molar-refractivity contribution in [2.75, 3.05) is 13.2 Å². The van der Waals surface area contributed by atoms with E-state index in [9.17, 15) is 24.5 Å². The Bertz CT molecular complexity index is 751. The number of hydrogen-bond donors (Lipinski definition) is 0. The van der Waals surface area contributed by atoms with Gasteiger partial charge in [-0.3, -0.25) is 24.5 Å². The molecule has 1 aromatic heterocycles. The van der Waals surface area contributed by atoms with Crippen molar-refractivity contribution >= 4 is 17.5 Å². The van der Waals surface area contributed by atoms with Gasteiger partial charge in [-0.15, -0.1) is 0 Å². The Morgan fingerprint density at radius 2 is 2.04 bits per heavy atom. The molecule has 1 fully saturated rings. The molecule has 2 rings (SSSR count). The van der Waals surface area contributed by atoms with E-state index in [-0.39, 0.29) is 36.9 Å². The van der Waals surface area contributed by atoms with E-state index in [1.807, 2.05) is 25.5 Å². The minimum atomic E-state index is -0.710. The zero-order valence-corrected chi connectivity index (χ0v) is 15.5. The van der Waals surface area contributed by atoms with Crippen molar-refractivity contribution in [2.24, 2.45) is 24.8 Å². The quantitative estimate of drug-likeness (QED) is 0.316. The Morgan fingerprint density at radius 1 is 1.38 bits per heavy atom. The number of carbonyl (C=O) groups is 3. The Balaban J connectivity index is 1.95. The van der Waals surface area contributed by atoms with Crippen LogP contribution >= 0.6 is 0 Å². The summed E-state index contributed by atoms with van der Waals surface area (Å²) in [6, 6.07) is 1.74. The van der Waals surface area contributed by atoms with Gasteiger partial charge >= 0.3 is 5.97 Å². The van der Waals surface area contributed by atoms with Gasteiger partial charge in [0, 0.05) is 47.2 Å². The molecule has 0 N–H and O–H groups in total. The highest BCUT2D eigenvalue weighted by atomic mass is 16.6. The van der Waals surface area contributed by atoms with E-state index >= 15 is 0 Å². The third-order valence-electron chi connectivity index (χ3n) is 5.37. The number of rotatable bonds is 7. The summed E-state index contributed by atoms with van der Waals surface area (Å²) in [6.07, 6.45) is 0.0135. The van der Waals surface area contributed by atoms with Crippen LogP contribution in [0.4, 0.5) is 0 Å². The summed E-state index contributed by atoms with van der Waals surface area (Å²) >= 11 is 0. The van der Waals surface area contributed by atoms with Crippen molar-refractivity contribution in [2.45, 2.75) is 33.6 Å². The molecule has 1 aliphatic carbocycles. The molecule has 142 valence electrons. The molecule has 0 radical (unpaired) electrons. The molecule has 0 aliphatic heterocycles. The molecule has 8 heteroatoms. The number of esters is 1. The number of ether oxygens (including phenoxy) is 1. The van der Waals surface area contributed by atoms with E-state index in [4.69, 9.17) is 4.74 Å². The first-order valence-corrected chi connectivity index (χ1v) is 8.58. The zero-order valence-electron chi connectivity index (χ0n) is 15.5. The molecule has 1 saturated carbocycles. The SMILES string of the molecule is Cc1cc(C(=O)COC(=O)C[C@@H]2C(=O)C[C@@H](C)[C@H]2C[N+](=O)[O-])c(C)n1C. The number of ketones is 2. The molecular weight excluding hydrogens is 340 g/mol. The van der Waals surface area contributed by atoms with Gasteiger partial charge in [-0.05, 0) is 25.8 Å². The molecule has 3 atom stereocenters. The Hall–Kier alpha value is -2.51. The fourth-order valence-corrected chi connectivity index (χ4v) is 3.60. The molecular formula is C18H24N2O6. The van der Waals surface area contributed by atoms with E-state index in [2.05, 4.69) is 0 Å². The standard InChI is InChI=1S/C18H24N2O6/c1-10-5-16(21)14(15(10)8-20(24)25)7-18(23)26-9-17(22)13-6-11(2)19(4)12(13)3/h6,10,14-15H,5,7-9H2,1-4H3/t10-,14+,15-/m1/s1. The molecule has 8 nitrogen and oxygen atoms in total. The second-order valence-corrected chi connectivity index (χ2v) is 7.07. The second-order valence-electron chi connectivity index (χ2n) is 7.07. The summed E-state index contributed by atoms with van der Waals surface area (Å²) in [5.41, 5.74) is 2.20. The van der Waals surface area contributed by atoms with Crippen LogP contribution in [-0.4, -0.2) is 40.2 Å². The fraction of sp³-hybridized carbons (Fsp3) is 0.611. The summed E-state index contributed by atoms with van der Waals surface area (Å²) in [4.78, 5) is 46.7. The summed E-state index contributed by atoms with van der Waals surface area (Å²) in [7, 11) is 1.84. The monoisotopic (exact) mass is 364 g/mol. The number of Topliss-reactive ketones (excluding diaryl/α,β-unsaturated/α-hetero) is 2. The lowest BCUT2D eigenvalue weighted by Crippen LogP contribution is -2.28. The molecule has 0 aromatic carbocycles. The second kappa shape index (κ2) is 7.80. The molecule has 0 amide bonds. The third kappa shape index (κ3) is 4.17. The van der Waals surface area contributed by atoms with Crippen LogP contribution in [0, 0.1) is 41.7 Å². The number of nitro groups is 1. The van der Waals surface area contributed by atoms with Crippen molar-refractivity contribution in [3.63, 3.8) is 0 Å². The molecule has 0 bridgehead atoms. The van der Waals surface area contributed by atoms with Gasteiger partial charge in [-0.25, -0.2) is 0 Å². The predicted octanol–water partition coefficient (Wildman–Crippen LogP) is 1.88. The highest BCUT2D eigenvalue weighted by Gasteiger charge is 2.44. The Kier molecular flexibility index (Phi) is 5.94. The van der Waals surface area contributed by atoms with E-state index in [1.165, 1.54) is 0 Å². The van der Waals surface area contributed by atoms with Gasteiger partial charge in [0.2, 0.25) is 12.3 Å². The highest BCUT2D eigenvalue weighted by molar-refractivity contribution is 5.99. The summed E-state index contributed by atoms with van der Waals surface area (Å²) < 4.78 is 6.91. The maximum Gasteiger partial charge on any atom is 0.306 e. The lowest BCUT2D eigenvalue weighted by molar-refractivity contribution is -0.490. The molecule has 0 unspecified atom stereocenters. The number of aryl methyl sites for hydroxylation is 1. The maximum absolute atomic E-state index is 12.3. The van der Waals surface area contributed by atoms with Crippen LogP contribution in [-0.2, 0) is 21.4 Å². The van der Waals surface area contributed by atoms with Gasteiger partial charge in [0.1, 0.15) is 5.78 Å². The minimum Gasteiger partial charge on any atom is -0.457 e. The smallest absolute Gasteiger partial charge is 0.306 e. The predicted molar refractivity (Wildman–Crippen MR) is 92.4 cm³/mol.